The SMILES string of the molecule is COc1cc2ncnc(N3CCN(C(=S)NCCc4ccccc4)CC3)c2cc1OC. The second-order valence-electron chi connectivity index (χ2n) is 7.36. The molecule has 0 radical (unpaired) electrons. The zero-order valence-corrected chi connectivity index (χ0v) is 18.7. The number of rotatable bonds is 6. The molecule has 0 spiro atoms. The minimum absolute atomic E-state index is 0.663. The lowest BCUT2D eigenvalue weighted by atomic mass is 10.1. The summed E-state index contributed by atoms with van der Waals surface area (Å²) in [6.45, 7) is 4.19. The molecule has 0 amide bonds. The molecular weight excluding hydrogens is 410 g/mol. The first-order valence-electron chi connectivity index (χ1n) is 10.4. The Morgan fingerprint density at radius 1 is 1.00 bits per heavy atom. The lowest BCUT2D eigenvalue weighted by Crippen LogP contribution is -2.52. The summed E-state index contributed by atoms with van der Waals surface area (Å²) in [5.74, 6) is 2.25. The van der Waals surface area contributed by atoms with Crippen LogP contribution in [0.25, 0.3) is 10.9 Å². The largest absolute Gasteiger partial charge is 0.493 e. The summed E-state index contributed by atoms with van der Waals surface area (Å²) in [5, 5.41) is 5.17. The van der Waals surface area contributed by atoms with Crippen molar-refractivity contribution in [2.45, 2.75) is 6.42 Å². The Bertz CT molecular complexity index is 1040. The van der Waals surface area contributed by atoms with Crippen molar-refractivity contribution in [1.82, 2.24) is 20.2 Å². The summed E-state index contributed by atoms with van der Waals surface area (Å²) in [5.41, 5.74) is 2.15. The predicted octanol–water partition coefficient (Wildman–Crippen LogP) is 2.89. The molecule has 0 unspecified atom stereocenters. The second kappa shape index (κ2) is 9.78. The number of nitrogens with one attached hydrogen (secondary N) is 1. The van der Waals surface area contributed by atoms with Gasteiger partial charge in [-0.25, -0.2) is 9.97 Å². The number of anilines is 1. The number of benzene rings is 2. The van der Waals surface area contributed by atoms with E-state index in [4.69, 9.17) is 21.7 Å². The maximum absolute atomic E-state index is 5.62. The van der Waals surface area contributed by atoms with Crippen LogP contribution in [0, 0.1) is 0 Å². The van der Waals surface area contributed by atoms with Gasteiger partial charge in [0.05, 0.1) is 19.7 Å². The summed E-state index contributed by atoms with van der Waals surface area (Å²) in [6.07, 6.45) is 2.56. The Kier molecular flexibility index (Phi) is 6.66. The van der Waals surface area contributed by atoms with Gasteiger partial charge < -0.3 is 24.6 Å². The quantitative estimate of drug-likeness (QED) is 0.591. The average molecular weight is 438 g/mol. The van der Waals surface area contributed by atoms with Crippen LogP contribution in [0.15, 0.2) is 48.8 Å². The van der Waals surface area contributed by atoms with Gasteiger partial charge in [0.2, 0.25) is 0 Å². The minimum atomic E-state index is 0.663. The predicted molar refractivity (Wildman–Crippen MR) is 127 cm³/mol. The van der Waals surface area contributed by atoms with E-state index >= 15 is 0 Å². The third kappa shape index (κ3) is 4.80. The molecule has 1 aliphatic rings. The van der Waals surface area contributed by atoms with E-state index < -0.39 is 0 Å². The molecule has 8 heteroatoms. The maximum atomic E-state index is 5.62. The topological polar surface area (TPSA) is 62.8 Å². The van der Waals surface area contributed by atoms with Crippen molar-refractivity contribution >= 4 is 34.1 Å². The van der Waals surface area contributed by atoms with Gasteiger partial charge in [-0.05, 0) is 30.3 Å². The fraction of sp³-hybridized carbons (Fsp3) is 0.348. The van der Waals surface area contributed by atoms with E-state index in [2.05, 4.69) is 49.4 Å². The summed E-state index contributed by atoms with van der Waals surface area (Å²) < 4.78 is 10.9. The number of ether oxygens (including phenoxy) is 2. The molecule has 0 saturated carbocycles. The Hall–Kier alpha value is -3.13. The standard InChI is InChI=1S/C23H27N5O2S/c1-29-20-14-18-19(15-21(20)30-2)25-16-26-22(18)27-10-12-28(13-11-27)23(31)24-9-8-17-6-4-3-5-7-17/h3-7,14-16H,8-13H2,1-2H3,(H,24,31). The third-order valence-electron chi connectivity index (χ3n) is 5.52. The summed E-state index contributed by atoms with van der Waals surface area (Å²) >= 11 is 5.62. The molecule has 3 aromatic rings. The molecular formula is C23H27N5O2S. The van der Waals surface area contributed by atoms with E-state index in [9.17, 15) is 0 Å². The van der Waals surface area contributed by atoms with Gasteiger partial charge in [-0.15, -0.1) is 0 Å². The number of fused-ring (bicyclic) bond motifs is 1. The van der Waals surface area contributed by atoms with Gasteiger partial charge in [-0.2, -0.15) is 0 Å². The number of nitrogens with zero attached hydrogens (tertiary/aromatic N) is 4. The summed E-state index contributed by atoms with van der Waals surface area (Å²) in [4.78, 5) is 13.5. The normalized spacial score (nSPS) is 13.9. The average Bonchev–Trinajstić information content (AvgIpc) is 2.83. The van der Waals surface area contributed by atoms with Crippen molar-refractivity contribution in [3.05, 3.63) is 54.4 Å². The van der Waals surface area contributed by atoms with Gasteiger partial charge in [0.1, 0.15) is 12.1 Å². The Balaban J connectivity index is 1.38. The second-order valence-corrected chi connectivity index (χ2v) is 7.75. The van der Waals surface area contributed by atoms with Crippen molar-refractivity contribution in [1.29, 1.82) is 0 Å². The number of aromatic nitrogens is 2. The molecule has 0 atom stereocenters. The van der Waals surface area contributed by atoms with Crippen molar-refractivity contribution in [2.24, 2.45) is 0 Å². The molecule has 0 aliphatic carbocycles. The molecule has 2 aromatic carbocycles. The van der Waals surface area contributed by atoms with E-state index in [1.165, 1.54) is 5.56 Å². The van der Waals surface area contributed by atoms with Gasteiger partial charge in [0, 0.05) is 44.2 Å². The molecule has 1 aromatic heterocycles. The van der Waals surface area contributed by atoms with E-state index in [-0.39, 0.29) is 0 Å². The molecule has 1 aliphatic heterocycles. The van der Waals surface area contributed by atoms with Crippen LogP contribution in [0.3, 0.4) is 0 Å². The molecule has 4 rings (SSSR count). The molecule has 2 heterocycles. The summed E-state index contributed by atoms with van der Waals surface area (Å²) in [7, 11) is 3.26. The first-order chi connectivity index (χ1) is 15.2. The highest BCUT2D eigenvalue weighted by Crippen LogP contribution is 2.34. The Morgan fingerprint density at radius 3 is 2.42 bits per heavy atom. The van der Waals surface area contributed by atoms with Crippen molar-refractivity contribution in [3.63, 3.8) is 0 Å². The lowest BCUT2D eigenvalue weighted by Gasteiger charge is -2.37. The fourth-order valence-corrected chi connectivity index (χ4v) is 4.10. The number of hydrogen-bond donors (Lipinski definition) is 1. The highest BCUT2D eigenvalue weighted by Gasteiger charge is 2.22. The van der Waals surface area contributed by atoms with E-state index in [0.29, 0.717) is 11.5 Å². The monoisotopic (exact) mass is 437 g/mol. The molecule has 1 fully saturated rings. The third-order valence-corrected chi connectivity index (χ3v) is 5.92. The summed E-state index contributed by atoms with van der Waals surface area (Å²) in [6, 6.07) is 14.3. The zero-order chi connectivity index (χ0) is 21.6. The zero-order valence-electron chi connectivity index (χ0n) is 17.9. The number of methoxy groups -OCH3 is 2. The number of thiocarbonyl (C=S) groups is 1. The van der Waals surface area contributed by atoms with Gasteiger partial charge in [-0.3, -0.25) is 0 Å². The van der Waals surface area contributed by atoms with Crippen LogP contribution in [0.2, 0.25) is 0 Å². The molecule has 7 nitrogen and oxygen atoms in total. The molecule has 0 bridgehead atoms. The van der Waals surface area contributed by atoms with Crippen LogP contribution in [0.5, 0.6) is 11.5 Å². The van der Waals surface area contributed by atoms with E-state index in [0.717, 1.165) is 61.0 Å². The fourth-order valence-electron chi connectivity index (χ4n) is 3.81. The number of hydrogen-bond acceptors (Lipinski definition) is 6. The van der Waals surface area contributed by atoms with Gasteiger partial charge in [-0.1, -0.05) is 30.3 Å². The molecule has 1 saturated heterocycles. The van der Waals surface area contributed by atoms with Crippen LogP contribution in [0.1, 0.15) is 5.56 Å². The molecule has 31 heavy (non-hydrogen) atoms. The van der Waals surface area contributed by atoms with E-state index in [1.54, 1.807) is 20.5 Å². The minimum Gasteiger partial charge on any atom is -0.493 e. The van der Waals surface area contributed by atoms with Gasteiger partial charge in [0.15, 0.2) is 16.6 Å². The Morgan fingerprint density at radius 2 is 1.71 bits per heavy atom. The highest BCUT2D eigenvalue weighted by molar-refractivity contribution is 7.80. The lowest BCUT2D eigenvalue weighted by molar-refractivity contribution is 0.355. The van der Waals surface area contributed by atoms with Crippen molar-refractivity contribution in [3.8, 4) is 11.5 Å². The van der Waals surface area contributed by atoms with E-state index in [1.807, 2.05) is 18.2 Å². The highest BCUT2D eigenvalue weighted by atomic mass is 32.1. The smallest absolute Gasteiger partial charge is 0.169 e. The van der Waals surface area contributed by atoms with Crippen molar-refractivity contribution in [2.75, 3.05) is 51.8 Å². The van der Waals surface area contributed by atoms with Gasteiger partial charge in [0.25, 0.3) is 0 Å². The Labute approximate surface area is 188 Å². The van der Waals surface area contributed by atoms with Crippen molar-refractivity contribution < 1.29 is 9.47 Å². The molecule has 1 N–H and O–H groups in total. The van der Waals surface area contributed by atoms with Crippen LogP contribution in [-0.2, 0) is 6.42 Å². The van der Waals surface area contributed by atoms with Crippen LogP contribution < -0.4 is 19.7 Å². The first-order valence-corrected chi connectivity index (χ1v) is 10.8. The maximum Gasteiger partial charge on any atom is 0.169 e. The van der Waals surface area contributed by atoms with Crippen LogP contribution in [0.4, 0.5) is 5.82 Å². The van der Waals surface area contributed by atoms with Gasteiger partial charge >= 0.3 is 0 Å². The first kappa shape index (κ1) is 21.1. The van der Waals surface area contributed by atoms with Crippen LogP contribution in [-0.4, -0.2) is 66.9 Å². The molecule has 162 valence electrons. The number of piperazine rings is 1. The van der Waals surface area contributed by atoms with Crippen LogP contribution >= 0.6 is 12.2 Å².